The highest BCUT2D eigenvalue weighted by Gasteiger charge is 2.44. The van der Waals surface area contributed by atoms with Gasteiger partial charge >= 0.3 is 0 Å². The zero-order chi connectivity index (χ0) is 15.6. The molecule has 0 bridgehead atoms. The summed E-state index contributed by atoms with van der Waals surface area (Å²) in [5.41, 5.74) is 5.65. The third-order valence-electron chi connectivity index (χ3n) is 5.04. The molecule has 6 nitrogen and oxygen atoms in total. The Balaban J connectivity index is 2.17. The van der Waals surface area contributed by atoms with Gasteiger partial charge in [-0.3, -0.25) is 4.79 Å². The number of hydrogen-bond acceptors (Lipinski definition) is 4. The van der Waals surface area contributed by atoms with E-state index in [1.54, 1.807) is 4.90 Å². The molecule has 3 N–H and O–H groups in total. The first-order valence-electron chi connectivity index (χ1n) is 7.88. The summed E-state index contributed by atoms with van der Waals surface area (Å²) in [5, 5.41) is 11.9. The Morgan fingerprint density at radius 2 is 1.90 bits per heavy atom. The predicted molar refractivity (Wildman–Crippen MR) is 80.0 cm³/mol. The minimum Gasteiger partial charge on any atom is -0.409 e. The average molecular weight is 297 g/mol. The molecule has 0 aromatic heterocycles. The molecule has 4 unspecified atom stereocenters. The summed E-state index contributed by atoms with van der Waals surface area (Å²) in [7, 11) is 0. The first kappa shape index (κ1) is 16.1. The molecule has 0 aromatic rings. The maximum Gasteiger partial charge on any atom is 0.229 e. The Labute approximate surface area is 126 Å². The van der Waals surface area contributed by atoms with Crippen molar-refractivity contribution in [2.24, 2.45) is 22.7 Å². The van der Waals surface area contributed by atoms with Crippen molar-refractivity contribution in [2.75, 3.05) is 6.54 Å². The van der Waals surface area contributed by atoms with Crippen LogP contribution >= 0.6 is 0 Å². The van der Waals surface area contributed by atoms with Gasteiger partial charge in [0.15, 0.2) is 5.84 Å². The first-order chi connectivity index (χ1) is 9.95. The number of nitrogens with two attached hydrogens (primary N) is 1. The van der Waals surface area contributed by atoms with Gasteiger partial charge in [-0.25, -0.2) is 0 Å². The highest BCUT2D eigenvalue weighted by molar-refractivity contribution is 5.88. The van der Waals surface area contributed by atoms with E-state index in [1.807, 2.05) is 13.8 Å². The van der Waals surface area contributed by atoms with Crippen LogP contribution < -0.4 is 5.73 Å². The summed E-state index contributed by atoms with van der Waals surface area (Å²) in [4.78, 5) is 14.8. The highest BCUT2D eigenvalue weighted by atomic mass is 16.5. The molecule has 1 saturated carbocycles. The van der Waals surface area contributed by atoms with E-state index in [-0.39, 0.29) is 48.4 Å². The fourth-order valence-corrected chi connectivity index (χ4v) is 3.69. The van der Waals surface area contributed by atoms with Crippen LogP contribution in [-0.4, -0.2) is 46.6 Å². The van der Waals surface area contributed by atoms with Crippen LogP contribution in [0.5, 0.6) is 0 Å². The zero-order valence-electron chi connectivity index (χ0n) is 13.2. The Morgan fingerprint density at radius 3 is 2.38 bits per heavy atom. The summed E-state index contributed by atoms with van der Waals surface area (Å²) in [6.07, 6.45) is 4.26. The zero-order valence-corrected chi connectivity index (χ0v) is 13.2. The van der Waals surface area contributed by atoms with Crippen LogP contribution in [0.3, 0.4) is 0 Å². The summed E-state index contributed by atoms with van der Waals surface area (Å²) >= 11 is 0. The molecule has 0 spiro atoms. The van der Waals surface area contributed by atoms with Crippen molar-refractivity contribution in [3.8, 4) is 0 Å². The van der Waals surface area contributed by atoms with E-state index in [0.29, 0.717) is 0 Å². The lowest BCUT2D eigenvalue weighted by molar-refractivity contribution is -0.139. The number of oxime groups is 1. The summed E-state index contributed by atoms with van der Waals surface area (Å²) in [6.45, 7) is 6.23. The lowest BCUT2D eigenvalue weighted by atomic mass is 9.88. The van der Waals surface area contributed by atoms with E-state index in [0.717, 1.165) is 25.7 Å². The molecule has 4 atom stereocenters. The van der Waals surface area contributed by atoms with Crippen LogP contribution in [0, 0.1) is 11.8 Å². The van der Waals surface area contributed by atoms with Crippen molar-refractivity contribution in [1.82, 2.24) is 4.90 Å². The van der Waals surface area contributed by atoms with Crippen LogP contribution in [0.4, 0.5) is 0 Å². The SMILES string of the molecule is CC1OC(C)C(C(=O)N(CC(N)=NO)C2CCCC2)C1C. The number of carbonyl (C=O) groups is 1. The molecular weight excluding hydrogens is 270 g/mol. The lowest BCUT2D eigenvalue weighted by Crippen LogP contribution is -2.49. The van der Waals surface area contributed by atoms with Gasteiger partial charge in [-0.2, -0.15) is 0 Å². The molecular formula is C15H27N3O3. The molecule has 1 amide bonds. The van der Waals surface area contributed by atoms with Crippen LogP contribution in [-0.2, 0) is 9.53 Å². The number of carbonyl (C=O) groups excluding carboxylic acids is 1. The van der Waals surface area contributed by atoms with Gasteiger partial charge in [0.05, 0.1) is 24.7 Å². The van der Waals surface area contributed by atoms with Crippen molar-refractivity contribution in [3.63, 3.8) is 0 Å². The summed E-state index contributed by atoms with van der Waals surface area (Å²) < 4.78 is 5.79. The van der Waals surface area contributed by atoms with E-state index in [9.17, 15) is 4.79 Å². The van der Waals surface area contributed by atoms with Crippen LogP contribution in [0.25, 0.3) is 0 Å². The van der Waals surface area contributed by atoms with E-state index < -0.39 is 0 Å². The van der Waals surface area contributed by atoms with Crippen molar-refractivity contribution < 1.29 is 14.7 Å². The second kappa shape index (κ2) is 6.64. The van der Waals surface area contributed by atoms with E-state index in [4.69, 9.17) is 15.7 Å². The fraction of sp³-hybridized carbons (Fsp3) is 0.867. The van der Waals surface area contributed by atoms with Crippen molar-refractivity contribution in [3.05, 3.63) is 0 Å². The van der Waals surface area contributed by atoms with E-state index >= 15 is 0 Å². The van der Waals surface area contributed by atoms with Gasteiger partial charge in [0.1, 0.15) is 0 Å². The molecule has 2 fully saturated rings. The number of rotatable bonds is 4. The second-order valence-electron chi connectivity index (χ2n) is 6.43. The molecule has 1 aliphatic carbocycles. The molecule has 2 rings (SSSR count). The van der Waals surface area contributed by atoms with Gasteiger partial charge in [-0.15, -0.1) is 0 Å². The molecule has 1 aliphatic heterocycles. The largest absolute Gasteiger partial charge is 0.409 e. The number of amides is 1. The highest BCUT2D eigenvalue weighted by Crippen LogP contribution is 2.35. The van der Waals surface area contributed by atoms with Gasteiger partial charge in [-0.05, 0) is 32.6 Å². The maximum absolute atomic E-state index is 13.0. The number of hydrogen-bond donors (Lipinski definition) is 2. The van der Waals surface area contributed by atoms with Gasteiger partial charge in [-0.1, -0.05) is 24.9 Å². The van der Waals surface area contributed by atoms with Gasteiger partial charge in [0, 0.05) is 6.04 Å². The summed E-state index contributed by atoms with van der Waals surface area (Å²) in [5.74, 6) is 0.205. The standard InChI is InChI=1S/C15H27N3O3/c1-9-10(2)21-11(3)14(9)15(19)18(8-13(16)17-20)12-6-4-5-7-12/h9-12,14,20H,4-8H2,1-3H3,(H2,16,17). The molecule has 0 aromatic carbocycles. The minimum atomic E-state index is -0.146. The smallest absolute Gasteiger partial charge is 0.229 e. The molecule has 0 radical (unpaired) electrons. The molecule has 21 heavy (non-hydrogen) atoms. The second-order valence-corrected chi connectivity index (χ2v) is 6.43. The number of nitrogens with zero attached hydrogens (tertiary/aromatic N) is 2. The van der Waals surface area contributed by atoms with Gasteiger partial charge < -0.3 is 20.6 Å². The monoisotopic (exact) mass is 297 g/mol. The number of ether oxygens (including phenoxy) is 1. The van der Waals surface area contributed by atoms with Crippen molar-refractivity contribution in [2.45, 2.75) is 64.7 Å². The van der Waals surface area contributed by atoms with Gasteiger partial charge in [0.25, 0.3) is 0 Å². The molecule has 6 heteroatoms. The quantitative estimate of drug-likeness (QED) is 0.357. The predicted octanol–water partition coefficient (Wildman–Crippen LogP) is 1.56. The maximum atomic E-state index is 13.0. The van der Waals surface area contributed by atoms with Crippen LogP contribution in [0.15, 0.2) is 5.16 Å². The van der Waals surface area contributed by atoms with E-state index in [1.165, 1.54) is 0 Å². The molecule has 2 aliphatic rings. The Morgan fingerprint density at radius 1 is 1.29 bits per heavy atom. The van der Waals surface area contributed by atoms with Crippen molar-refractivity contribution >= 4 is 11.7 Å². The Bertz CT molecular complexity index is 407. The van der Waals surface area contributed by atoms with Gasteiger partial charge in [0.2, 0.25) is 5.91 Å². The molecule has 1 heterocycles. The summed E-state index contributed by atoms with van der Waals surface area (Å²) in [6, 6.07) is 0.202. The third-order valence-corrected chi connectivity index (χ3v) is 5.04. The first-order valence-corrected chi connectivity index (χ1v) is 7.88. The molecule has 120 valence electrons. The van der Waals surface area contributed by atoms with E-state index in [2.05, 4.69) is 12.1 Å². The van der Waals surface area contributed by atoms with Crippen molar-refractivity contribution in [1.29, 1.82) is 0 Å². The minimum absolute atomic E-state index is 0.0813. The van der Waals surface area contributed by atoms with Crippen LogP contribution in [0.1, 0.15) is 46.5 Å². The molecule has 1 saturated heterocycles. The Kier molecular flexibility index (Phi) is 5.08. The average Bonchev–Trinajstić information content (AvgIpc) is 3.05. The normalized spacial score (nSPS) is 34.3. The third kappa shape index (κ3) is 3.31. The Hall–Kier alpha value is -1.30. The lowest BCUT2D eigenvalue weighted by Gasteiger charge is -2.32. The number of amidine groups is 1. The fourth-order valence-electron chi connectivity index (χ4n) is 3.69. The van der Waals surface area contributed by atoms with Crippen LogP contribution in [0.2, 0.25) is 0 Å². The topological polar surface area (TPSA) is 88.2 Å².